The Bertz CT molecular complexity index is 471. The smallest absolute Gasteiger partial charge is 0.281 e. The predicted molar refractivity (Wildman–Crippen MR) is 66.5 cm³/mol. The molecule has 0 saturated carbocycles. The summed E-state index contributed by atoms with van der Waals surface area (Å²) in [5, 5.41) is 0. The minimum Gasteiger partial charge on any atom is -0.383 e. The van der Waals surface area contributed by atoms with Crippen LogP contribution in [0.15, 0.2) is 14.9 Å². The maximum atomic E-state index is 12.0. The molecule has 0 radical (unpaired) electrons. The van der Waals surface area contributed by atoms with Gasteiger partial charge in [0.15, 0.2) is 0 Å². The molecule has 0 spiro atoms. The van der Waals surface area contributed by atoms with E-state index in [1.165, 1.54) is 0 Å². The second-order valence-corrected chi connectivity index (χ2v) is 7.70. The highest BCUT2D eigenvalue weighted by atomic mass is 32.2. The summed E-state index contributed by atoms with van der Waals surface area (Å²) >= 11 is 0. The largest absolute Gasteiger partial charge is 0.383 e. The van der Waals surface area contributed by atoms with Crippen molar-refractivity contribution < 1.29 is 8.42 Å². The van der Waals surface area contributed by atoms with Crippen LogP contribution < -0.4 is 5.73 Å². The lowest BCUT2D eigenvalue weighted by Crippen LogP contribution is -2.26. The van der Waals surface area contributed by atoms with Crippen molar-refractivity contribution in [2.45, 2.75) is 41.5 Å². The van der Waals surface area contributed by atoms with Gasteiger partial charge in [0.05, 0.1) is 4.91 Å². The summed E-state index contributed by atoms with van der Waals surface area (Å²) in [6, 6.07) is 0. The van der Waals surface area contributed by atoms with Gasteiger partial charge in [-0.05, 0) is 5.41 Å². The van der Waals surface area contributed by atoms with Gasteiger partial charge in [0.2, 0.25) is 0 Å². The van der Waals surface area contributed by atoms with Gasteiger partial charge in [0.25, 0.3) is 10.0 Å². The van der Waals surface area contributed by atoms with Crippen molar-refractivity contribution in [2.75, 3.05) is 0 Å². The van der Waals surface area contributed by atoms with Gasteiger partial charge in [-0.25, -0.2) is 0 Å². The summed E-state index contributed by atoms with van der Waals surface area (Å²) in [6.07, 6.45) is 0. The molecule has 1 aliphatic rings. The number of amidine groups is 1. The molecule has 0 aliphatic carbocycles. The van der Waals surface area contributed by atoms with Gasteiger partial charge in [-0.3, -0.25) is 0 Å². The van der Waals surface area contributed by atoms with Crippen molar-refractivity contribution in [2.24, 2.45) is 21.0 Å². The van der Waals surface area contributed by atoms with E-state index in [2.05, 4.69) is 4.40 Å². The monoisotopic (exact) mass is 244 g/mol. The standard InChI is InChI=1S/C11H20N2O2S/c1-10(2,3)7-8(11(4,5)6)16(14,15)13-9(7)12/h1-6H3,(H2,12,13). The summed E-state index contributed by atoms with van der Waals surface area (Å²) in [6.45, 7) is 11.4. The third kappa shape index (κ3) is 2.14. The van der Waals surface area contributed by atoms with E-state index in [1.807, 2.05) is 41.5 Å². The Morgan fingerprint density at radius 1 is 1.00 bits per heavy atom. The van der Waals surface area contributed by atoms with Gasteiger partial charge in [-0.15, -0.1) is 4.40 Å². The lowest BCUT2D eigenvalue weighted by Gasteiger charge is -2.27. The van der Waals surface area contributed by atoms with Crippen LogP contribution in [0.3, 0.4) is 0 Å². The van der Waals surface area contributed by atoms with Gasteiger partial charge in [-0.2, -0.15) is 8.42 Å². The normalized spacial score (nSPS) is 21.2. The summed E-state index contributed by atoms with van der Waals surface area (Å²) in [5.41, 5.74) is 5.59. The van der Waals surface area contributed by atoms with Crippen molar-refractivity contribution in [3.05, 3.63) is 10.5 Å². The number of nitrogens with zero attached hydrogens (tertiary/aromatic N) is 1. The highest BCUT2D eigenvalue weighted by molar-refractivity contribution is 7.94. The molecule has 0 aromatic carbocycles. The Labute approximate surface area is 97.7 Å². The minimum absolute atomic E-state index is 0.137. The van der Waals surface area contributed by atoms with Crippen LogP contribution in [0.25, 0.3) is 0 Å². The van der Waals surface area contributed by atoms with Gasteiger partial charge in [-0.1, -0.05) is 41.5 Å². The van der Waals surface area contributed by atoms with Crippen LogP contribution in [-0.2, 0) is 10.0 Å². The Balaban J connectivity index is 3.65. The third-order valence-corrected chi connectivity index (χ3v) is 4.16. The van der Waals surface area contributed by atoms with Crippen molar-refractivity contribution in [1.29, 1.82) is 0 Å². The molecule has 1 rings (SSSR count). The molecule has 5 heteroatoms. The molecule has 0 bridgehead atoms. The highest BCUT2D eigenvalue weighted by Crippen LogP contribution is 2.43. The van der Waals surface area contributed by atoms with E-state index >= 15 is 0 Å². The first-order chi connectivity index (χ1) is 6.87. The lowest BCUT2D eigenvalue weighted by atomic mass is 9.80. The quantitative estimate of drug-likeness (QED) is 0.708. The molecule has 0 aromatic heterocycles. The average molecular weight is 244 g/mol. The SMILES string of the molecule is CC(C)(C)C1=C(C(C)(C)C)S(=O)(=O)N=C1N. The fourth-order valence-corrected chi connectivity index (χ4v) is 3.84. The number of hydrogen-bond acceptors (Lipinski definition) is 3. The van der Waals surface area contributed by atoms with E-state index in [9.17, 15) is 8.42 Å². The van der Waals surface area contributed by atoms with Crippen molar-refractivity contribution in [1.82, 2.24) is 0 Å². The molecule has 4 nitrogen and oxygen atoms in total. The second kappa shape index (κ2) is 3.32. The number of sulfonamides is 1. The van der Waals surface area contributed by atoms with E-state index in [1.54, 1.807) is 0 Å². The number of rotatable bonds is 0. The third-order valence-electron chi connectivity index (χ3n) is 2.39. The Morgan fingerprint density at radius 2 is 1.44 bits per heavy atom. The molecular formula is C11H20N2O2S. The molecule has 2 N–H and O–H groups in total. The molecule has 1 heterocycles. The fourth-order valence-electron chi connectivity index (χ4n) is 1.95. The summed E-state index contributed by atoms with van der Waals surface area (Å²) < 4.78 is 27.5. The Hall–Kier alpha value is -0.840. The number of hydrogen-bond donors (Lipinski definition) is 1. The van der Waals surface area contributed by atoms with Crippen LogP contribution in [0.1, 0.15) is 41.5 Å². The Kier molecular flexibility index (Phi) is 2.75. The van der Waals surface area contributed by atoms with Crippen LogP contribution >= 0.6 is 0 Å². The van der Waals surface area contributed by atoms with Crippen LogP contribution in [0, 0.1) is 10.8 Å². The highest BCUT2D eigenvalue weighted by Gasteiger charge is 2.42. The van der Waals surface area contributed by atoms with Crippen molar-refractivity contribution >= 4 is 15.9 Å². The maximum absolute atomic E-state index is 12.0. The summed E-state index contributed by atoms with van der Waals surface area (Å²) in [5.74, 6) is 0.137. The molecule has 1 aliphatic heterocycles. The zero-order valence-electron chi connectivity index (χ0n) is 10.7. The summed E-state index contributed by atoms with van der Waals surface area (Å²) in [7, 11) is -3.58. The topological polar surface area (TPSA) is 72.5 Å². The molecule has 0 fully saturated rings. The molecule has 0 unspecified atom stereocenters. The molecule has 0 amide bonds. The average Bonchev–Trinajstić information content (AvgIpc) is 2.16. The predicted octanol–water partition coefficient (Wildman–Crippen LogP) is 2.03. The van der Waals surface area contributed by atoms with Gasteiger partial charge < -0.3 is 5.73 Å². The van der Waals surface area contributed by atoms with Crippen molar-refractivity contribution in [3.63, 3.8) is 0 Å². The zero-order valence-corrected chi connectivity index (χ0v) is 11.6. The van der Waals surface area contributed by atoms with E-state index < -0.39 is 15.4 Å². The second-order valence-electron chi connectivity index (χ2n) is 6.16. The van der Waals surface area contributed by atoms with Crippen LogP contribution in [0.5, 0.6) is 0 Å². The Morgan fingerprint density at radius 3 is 1.69 bits per heavy atom. The minimum atomic E-state index is -3.58. The van der Waals surface area contributed by atoms with E-state index in [0.29, 0.717) is 10.5 Å². The molecule has 92 valence electrons. The molecular weight excluding hydrogens is 224 g/mol. The molecule has 0 saturated heterocycles. The molecule has 16 heavy (non-hydrogen) atoms. The zero-order chi connectivity index (χ0) is 12.9. The fraction of sp³-hybridized carbons (Fsp3) is 0.727. The first-order valence-corrected chi connectivity index (χ1v) is 6.67. The van der Waals surface area contributed by atoms with Crippen LogP contribution in [0.4, 0.5) is 0 Å². The summed E-state index contributed by atoms with van der Waals surface area (Å²) in [4.78, 5) is 0.352. The van der Waals surface area contributed by atoms with Crippen LogP contribution in [-0.4, -0.2) is 14.3 Å². The first kappa shape index (κ1) is 13.2. The van der Waals surface area contributed by atoms with Crippen LogP contribution in [0.2, 0.25) is 0 Å². The van der Waals surface area contributed by atoms with E-state index in [-0.39, 0.29) is 11.3 Å². The number of allylic oxidation sites excluding steroid dienone is 1. The van der Waals surface area contributed by atoms with Gasteiger partial charge >= 0.3 is 0 Å². The van der Waals surface area contributed by atoms with Gasteiger partial charge in [0.1, 0.15) is 5.84 Å². The number of nitrogens with two attached hydrogens (primary N) is 1. The van der Waals surface area contributed by atoms with Crippen molar-refractivity contribution in [3.8, 4) is 0 Å². The van der Waals surface area contributed by atoms with Gasteiger partial charge in [0, 0.05) is 11.0 Å². The van der Waals surface area contributed by atoms with E-state index in [0.717, 1.165) is 0 Å². The first-order valence-electron chi connectivity index (χ1n) is 5.23. The lowest BCUT2D eigenvalue weighted by molar-refractivity contribution is 0.473. The maximum Gasteiger partial charge on any atom is 0.281 e. The van der Waals surface area contributed by atoms with E-state index in [4.69, 9.17) is 5.73 Å². The molecule has 0 aromatic rings. The molecule has 0 atom stereocenters.